The standard InChI is InChI=1S/C13H20N2/c1-3-10(2)15-13-6-4-5-11-9-14-8-7-12(11)13/h4-6,10,14-15H,3,7-9H2,1-2H3. The van der Waals surface area contributed by atoms with Gasteiger partial charge in [-0.2, -0.15) is 0 Å². The molecule has 0 fully saturated rings. The van der Waals surface area contributed by atoms with Crippen molar-refractivity contribution < 1.29 is 0 Å². The molecule has 0 aromatic heterocycles. The summed E-state index contributed by atoms with van der Waals surface area (Å²) in [7, 11) is 0. The summed E-state index contributed by atoms with van der Waals surface area (Å²) in [6.45, 7) is 6.58. The summed E-state index contributed by atoms with van der Waals surface area (Å²) in [6.07, 6.45) is 2.32. The van der Waals surface area contributed by atoms with E-state index in [1.807, 2.05) is 0 Å². The number of benzene rings is 1. The van der Waals surface area contributed by atoms with Crippen molar-refractivity contribution in [1.82, 2.24) is 5.32 Å². The molecule has 0 bridgehead atoms. The smallest absolute Gasteiger partial charge is 0.0378 e. The van der Waals surface area contributed by atoms with E-state index in [1.165, 1.54) is 23.2 Å². The van der Waals surface area contributed by atoms with Crippen molar-refractivity contribution >= 4 is 5.69 Å². The van der Waals surface area contributed by atoms with Crippen LogP contribution in [0.1, 0.15) is 31.4 Å². The predicted molar refractivity (Wildman–Crippen MR) is 65.2 cm³/mol. The highest BCUT2D eigenvalue weighted by Crippen LogP contribution is 2.23. The van der Waals surface area contributed by atoms with E-state index < -0.39 is 0 Å². The van der Waals surface area contributed by atoms with Crippen LogP contribution in [0.4, 0.5) is 5.69 Å². The van der Waals surface area contributed by atoms with E-state index >= 15 is 0 Å². The fourth-order valence-corrected chi connectivity index (χ4v) is 2.03. The third-order valence-corrected chi connectivity index (χ3v) is 3.15. The van der Waals surface area contributed by atoms with Gasteiger partial charge in [-0.05, 0) is 43.5 Å². The molecule has 2 heteroatoms. The first-order valence-corrected chi connectivity index (χ1v) is 5.89. The van der Waals surface area contributed by atoms with Crippen LogP contribution in [0.15, 0.2) is 18.2 Å². The molecule has 1 aliphatic heterocycles. The zero-order chi connectivity index (χ0) is 10.7. The fraction of sp³-hybridized carbons (Fsp3) is 0.538. The summed E-state index contributed by atoms with van der Waals surface area (Å²) in [5.41, 5.74) is 4.30. The lowest BCUT2D eigenvalue weighted by Gasteiger charge is -2.23. The Morgan fingerprint density at radius 3 is 3.13 bits per heavy atom. The number of hydrogen-bond donors (Lipinski definition) is 2. The Hall–Kier alpha value is -1.02. The van der Waals surface area contributed by atoms with E-state index in [1.54, 1.807) is 0 Å². The molecular formula is C13H20N2. The normalized spacial score (nSPS) is 16.9. The lowest BCUT2D eigenvalue weighted by atomic mass is 9.98. The first-order chi connectivity index (χ1) is 7.31. The maximum atomic E-state index is 3.59. The predicted octanol–water partition coefficient (Wildman–Crippen LogP) is 2.54. The average molecular weight is 204 g/mol. The molecule has 2 rings (SSSR count). The minimum absolute atomic E-state index is 0.561. The second-order valence-electron chi connectivity index (χ2n) is 4.32. The van der Waals surface area contributed by atoms with Crippen LogP contribution in [-0.2, 0) is 13.0 Å². The molecule has 2 N–H and O–H groups in total. The van der Waals surface area contributed by atoms with E-state index in [4.69, 9.17) is 0 Å². The highest BCUT2D eigenvalue weighted by atomic mass is 14.9. The van der Waals surface area contributed by atoms with Crippen LogP contribution in [0, 0.1) is 0 Å². The fourth-order valence-electron chi connectivity index (χ4n) is 2.03. The average Bonchev–Trinajstić information content (AvgIpc) is 2.29. The molecule has 15 heavy (non-hydrogen) atoms. The number of hydrogen-bond acceptors (Lipinski definition) is 2. The van der Waals surface area contributed by atoms with Gasteiger partial charge < -0.3 is 10.6 Å². The van der Waals surface area contributed by atoms with Gasteiger partial charge in [-0.1, -0.05) is 19.1 Å². The SMILES string of the molecule is CCC(C)Nc1cccc2c1CCNC2. The maximum absolute atomic E-state index is 3.59. The third kappa shape index (κ3) is 2.32. The van der Waals surface area contributed by atoms with Crippen molar-refractivity contribution in [1.29, 1.82) is 0 Å². The third-order valence-electron chi connectivity index (χ3n) is 3.15. The second-order valence-corrected chi connectivity index (χ2v) is 4.32. The van der Waals surface area contributed by atoms with E-state index in [0.717, 1.165) is 19.5 Å². The largest absolute Gasteiger partial charge is 0.382 e. The van der Waals surface area contributed by atoms with Crippen LogP contribution < -0.4 is 10.6 Å². The van der Waals surface area contributed by atoms with Gasteiger partial charge in [0.25, 0.3) is 0 Å². The summed E-state index contributed by atoms with van der Waals surface area (Å²) in [6, 6.07) is 7.14. The van der Waals surface area contributed by atoms with Gasteiger partial charge in [-0.3, -0.25) is 0 Å². The number of nitrogens with one attached hydrogen (secondary N) is 2. The summed E-state index contributed by atoms with van der Waals surface area (Å²) in [5, 5.41) is 7.00. The first kappa shape index (κ1) is 10.5. The van der Waals surface area contributed by atoms with Crippen LogP contribution in [-0.4, -0.2) is 12.6 Å². The Labute approximate surface area is 92.1 Å². The van der Waals surface area contributed by atoms with Gasteiger partial charge in [0.15, 0.2) is 0 Å². The second kappa shape index (κ2) is 4.67. The Morgan fingerprint density at radius 2 is 2.33 bits per heavy atom. The van der Waals surface area contributed by atoms with Gasteiger partial charge in [0.1, 0.15) is 0 Å². The molecule has 0 aliphatic carbocycles. The van der Waals surface area contributed by atoms with Crippen molar-refractivity contribution in [2.45, 2.75) is 39.3 Å². The van der Waals surface area contributed by atoms with Gasteiger partial charge in [-0.15, -0.1) is 0 Å². The molecule has 0 radical (unpaired) electrons. The molecule has 2 nitrogen and oxygen atoms in total. The van der Waals surface area contributed by atoms with Gasteiger partial charge >= 0.3 is 0 Å². The molecule has 0 saturated heterocycles. The molecule has 0 spiro atoms. The van der Waals surface area contributed by atoms with E-state index in [-0.39, 0.29) is 0 Å². The zero-order valence-corrected chi connectivity index (χ0v) is 9.64. The van der Waals surface area contributed by atoms with Crippen LogP contribution in [0.25, 0.3) is 0 Å². The number of anilines is 1. The van der Waals surface area contributed by atoms with Gasteiger partial charge in [0.05, 0.1) is 0 Å². The molecule has 1 aromatic rings. The molecule has 1 unspecified atom stereocenters. The highest BCUT2D eigenvalue weighted by Gasteiger charge is 2.12. The van der Waals surface area contributed by atoms with Gasteiger partial charge in [0.2, 0.25) is 0 Å². The van der Waals surface area contributed by atoms with Crippen molar-refractivity contribution in [2.24, 2.45) is 0 Å². The van der Waals surface area contributed by atoms with Crippen molar-refractivity contribution in [2.75, 3.05) is 11.9 Å². The summed E-state index contributed by atoms with van der Waals surface area (Å²) in [5.74, 6) is 0. The molecule has 1 heterocycles. The number of fused-ring (bicyclic) bond motifs is 1. The van der Waals surface area contributed by atoms with Crippen LogP contribution in [0.2, 0.25) is 0 Å². The zero-order valence-electron chi connectivity index (χ0n) is 9.64. The van der Waals surface area contributed by atoms with E-state index in [2.05, 4.69) is 42.7 Å². The minimum Gasteiger partial charge on any atom is -0.382 e. The maximum Gasteiger partial charge on any atom is 0.0378 e. The quantitative estimate of drug-likeness (QED) is 0.790. The Bertz CT molecular complexity index is 333. The molecule has 1 aliphatic rings. The molecule has 0 amide bonds. The van der Waals surface area contributed by atoms with Crippen LogP contribution in [0.3, 0.4) is 0 Å². The highest BCUT2D eigenvalue weighted by molar-refractivity contribution is 5.56. The first-order valence-electron chi connectivity index (χ1n) is 5.89. The Kier molecular flexibility index (Phi) is 3.27. The number of rotatable bonds is 3. The van der Waals surface area contributed by atoms with Crippen molar-refractivity contribution in [3.05, 3.63) is 29.3 Å². The Morgan fingerprint density at radius 1 is 1.47 bits per heavy atom. The van der Waals surface area contributed by atoms with Crippen molar-refractivity contribution in [3.8, 4) is 0 Å². The Balaban J connectivity index is 2.23. The molecular weight excluding hydrogens is 184 g/mol. The molecule has 1 atom stereocenters. The monoisotopic (exact) mass is 204 g/mol. The van der Waals surface area contributed by atoms with Crippen LogP contribution >= 0.6 is 0 Å². The molecule has 0 saturated carbocycles. The topological polar surface area (TPSA) is 24.1 Å². The van der Waals surface area contributed by atoms with Crippen molar-refractivity contribution in [3.63, 3.8) is 0 Å². The lowest BCUT2D eigenvalue weighted by Crippen LogP contribution is -2.25. The van der Waals surface area contributed by atoms with E-state index in [0.29, 0.717) is 6.04 Å². The lowest BCUT2D eigenvalue weighted by molar-refractivity contribution is 0.642. The summed E-state index contributed by atoms with van der Waals surface area (Å²) in [4.78, 5) is 0. The van der Waals surface area contributed by atoms with Gasteiger partial charge in [0, 0.05) is 18.3 Å². The van der Waals surface area contributed by atoms with Gasteiger partial charge in [-0.25, -0.2) is 0 Å². The minimum atomic E-state index is 0.561. The summed E-state index contributed by atoms with van der Waals surface area (Å²) >= 11 is 0. The van der Waals surface area contributed by atoms with E-state index in [9.17, 15) is 0 Å². The summed E-state index contributed by atoms with van der Waals surface area (Å²) < 4.78 is 0. The molecule has 1 aromatic carbocycles. The molecule has 82 valence electrons. The van der Waals surface area contributed by atoms with Crippen LogP contribution in [0.5, 0.6) is 0 Å².